The van der Waals surface area contributed by atoms with Crippen LogP contribution < -0.4 is 0 Å². The summed E-state index contributed by atoms with van der Waals surface area (Å²) in [5, 5.41) is 0. The first kappa shape index (κ1) is 10.1. The Hall–Kier alpha value is -1.11. The van der Waals surface area contributed by atoms with Gasteiger partial charge in [-0.05, 0) is 38.5 Å². The monoisotopic (exact) mass is 214 g/mol. The van der Waals surface area contributed by atoms with Crippen molar-refractivity contribution in [3.8, 4) is 0 Å². The summed E-state index contributed by atoms with van der Waals surface area (Å²) in [4.78, 5) is 11.8. The highest BCUT2D eigenvalue weighted by Gasteiger charge is 2.48. The van der Waals surface area contributed by atoms with Crippen molar-refractivity contribution in [1.82, 2.24) is 0 Å². The maximum absolute atomic E-state index is 11.8. The van der Waals surface area contributed by atoms with Crippen LogP contribution in [0.5, 0.6) is 0 Å². The number of carbonyl (C=O) groups excluding carboxylic acids is 1. The molecule has 0 bridgehead atoms. The molecule has 3 aliphatic carbocycles. The molecule has 1 nitrogen and oxygen atoms in total. The molecule has 0 aromatic rings. The Labute approximate surface area is 96.9 Å². The van der Waals surface area contributed by atoms with Crippen molar-refractivity contribution in [2.75, 3.05) is 0 Å². The summed E-state index contributed by atoms with van der Waals surface area (Å²) < 4.78 is 0. The fourth-order valence-electron chi connectivity index (χ4n) is 3.44. The molecule has 0 fully saturated rings. The van der Waals surface area contributed by atoms with Gasteiger partial charge in [0.05, 0.1) is 0 Å². The fourth-order valence-corrected chi connectivity index (χ4v) is 3.44. The van der Waals surface area contributed by atoms with Crippen LogP contribution in [0, 0.1) is 29.1 Å². The van der Waals surface area contributed by atoms with E-state index < -0.39 is 0 Å². The maximum atomic E-state index is 11.8. The summed E-state index contributed by atoms with van der Waals surface area (Å²) in [6.07, 6.45) is 11.6. The zero-order valence-corrected chi connectivity index (χ0v) is 10.1. The van der Waals surface area contributed by atoms with Crippen molar-refractivity contribution in [3.05, 3.63) is 36.0 Å². The molecule has 0 aromatic heterocycles. The van der Waals surface area contributed by atoms with Gasteiger partial charge < -0.3 is 0 Å². The largest absolute Gasteiger partial charge is 0.299 e. The topological polar surface area (TPSA) is 17.1 Å². The lowest BCUT2D eigenvalue weighted by Gasteiger charge is -2.28. The first-order valence-electron chi connectivity index (χ1n) is 6.11. The molecule has 0 aromatic carbocycles. The standard InChI is InChI=1S/C15H18O/c1-9(16)15(2,3)13-8-11-5-4-10-6-7-12(13)14(10)11/h4-8,10-12,14H,1-3H3/t10-,11+,12+,14+/m1/s1. The molecule has 0 radical (unpaired) electrons. The summed E-state index contributed by atoms with van der Waals surface area (Å²) >= 11 is 0. The quantitative estimate of drug-likeness (QED) is 0.645. The minimum atomic E-state index is -0.290. The van der Waals surface area contributed by atoms with Crippen molar-refractivity contribution in [3.63, 3.8) is 0 Å². The van der Waals surface area contributed by atoms with E-state index in [-0.39, 0.29) is 11.2 Å². The van der Waals surface area contributed by atoms with Crippen LogP contribution in [0.15, 0.2) is 36.0 Å². The lowest BCUT2D eigenvalue weighted by molar-refractivity contribution is -0.123. The summed E-state index contributed by atoms with van der Waals surface area (Å²) in [7, 11) is 0. The lowest BCUT2D eigenvalue weighted by Crippen LogP contribution is -2.27. The number of rotatable bonds is 2. The number of Topliss-reactive ketones (excluding diaryl/α,β-unsaturated/α-hetero) is 1. The van der Waals surface area contributed by atoms with Crippen molar-refractivity contribution >= 4 is 5.78 Å². The van der Waals surface area contributed by atoms with Gasteiger partial charge in [-0.15, -0.1) is 0 Å². The predicted octanol–water partition coefficient (Wildman–Crippen LogP) is 3.15. The molecule has 0 spiro atoms. The average Bonchev–Trinajstić information content (AvgIpc) is 2.85. The number of carbonyl (C=O) groups is 1. The molecule has 84 valence electrons. The zero-order chi connectivity index (χ0) is 11.5. The lowest BCUT2D eigenvalue weighted by atomic mass is 9.74. The average molecular weight is 214 g/mol. The second-order valence-corrected chi connectivity index (χ2v) is 5.83. The Kier molecular flexibility index (Phi) is 1.87. The molecular formula is C15H18O. The van der Waals surface area contributed by atoms with Gasteiger partial charge in [-0.2, -0.15) is 0 Å². The molecule has 16 heavy (non-hydrogen) atoms. The molecule has 0 heterocycles. The SMILES string of the molecule is CC(=O)C(C)(C)C1=C[C@@H]2C=C[C@@H]3C=C[C@@H]1[C@@H]32. The Morgan fingerprint density at radius 1 is 1.12 bits per heavy atom. The molecule has 0 amide bonds. The molecule has 0 saturated heterocycles. The third kappa shape index (κ3) is 1.09. The molecule has 0 aliphatic heterocycles. The van der Waals surface area contributed by atoms with Gasteiger partial charge in [0.25, 0.3) is 0 Å². The van der Waals surface area contributed by atoms with Crippen LogP contribution in [0.25, 0.3) is 0 Å². The molecule has 1 heteroatoms. The van der Waals surface area contributed by atoms with E-state index in [9.17, 15) is 4.79 Å². The van der Waals surface area contributed by atoms with Crippen molar-refractivity contribution in [2.45, 2.75) is 20.8 Å². The number of hydrogen-bond acceptors (Lipinski definition) is 1. The van der Waals surface area contributed by atoms with E-state index in [1.807, 2.05) is 0 Å². The zero-order valence-electron chi connectivity index (χ0n) is 10.1. The van der Waals surface area contributed by atoms with Gasteiger partial charge >= 0.3 is 0 Å². The molecule has 3 rings (SSSR count). The molecular weight excluding hydrogens is 196 g/mol. The Morgan fingerprint density at radius 3 is 2.44 bits per heavy atom. The Morgan fingerprint density at radius 2 is 1.75 bits per heavy atom. The van der Waals surface area contributed by atoms with Gasteiger partial charge in [0.15, 0.2) is 0 Å². The first-order valence-corrected chi connectivity index (χ1v) is 6.11. The summed E-state index contributed by atoms with van der Waals surface area (Å²) in [5.74, 6) is 2.65. The van der Waals surface area contributed by atoms with Gasteiger partial charge in [0.2, 0.25) is 0 Å². The highest BCUT2D eigenvalue weighted by atomic mass is 16.1. The normalized spacial score (nSPS) is 39.1. The summed E-state index contributed by atoms with van der Waals surface area (Å²) in [5.41, 5.74) is 1.06. The number of allylic oxidation sites excluding steroid dienone is 6. The molecule has 4 atom stereocenters. The van der Waals surface area contributed by atoms with Crippen molar-refractivity contribution in [2.24, 2.45) is 29.1 Å². The van der Waals surface area contributed by atoms with Gasteiger partial charge in [-0.3, -0.25) is 4.79 Å². The van der Waals surface area contributed by atoms with E-state index in [0.717, 1.165) is 0 Å². The van der Waals surface area contributed by atoms with Crippen LogP contribution >= 0.6 is 0 Å². The van der Waals surface area contributed by atoms with Crippen LogP contribution in [-0.4, -0.2) is 5.78 Å². The molecule has 0 N–H and O–H groups in total. The van der Waals surface area contributed by atoms with Gasteiger partial charge in [0, 0.05) is 11.3 Å². The van der Waals surface area contributed by atoms with E-state index in [0.29, 0.717) is 23.7 Å². The first-order chi connectivity index (χ1) is 7.51. The second kappa shape index (κ2) is 2.97. The minimum Gasteiger partial charge on any atom is -0.299 e. The minimum absolute atomic E-state index is 0.277. The van der Waals surface area contributed by atoms with Crippen LogP contribution in [0.4, 0.5) is 0 Å². The summed E-state index contributed by atoms with van der Waals surface area (Å²) in [6.45, 7) is 5.83. The van der Waals surface area contributed by atoms with E-state index >= 15 is 0 Å². The predicted molar refractivity (Wildman–Crippen MR) is 64.8 cm³/mol. The van der Waals surface area contributed by atoms with E-state index in [1.54, 1.807) is 6.92 Å². The Bertz CT molecular complexity index is 436. The van der Waals surface area contributed by atoms with Crippen molar-refractivity contribution < 1.29 is 4.79 Å². The molecule has 3 aliphatic rings. The maximum Gasteiger partial charge on any atom is 0.139 e. The smallest absolute Gasteiger partial charge is 0.139 e. The van der Waals surface area contributed by atoms with E-state index in [1.165, 1.54) is 5.57 Å². The number of hydrogen-bond donors (Lipinski definition) is 0. The van der Waals surface area contributed by atoms with E-state index in [4.69, 9.17) is 0 Å². The highest BCUT2D eigenvalue weighted by molar-refractivity contribution is 5.85. The van der Waals surface area contributed by atoms with Gasteiger partial charge in [-0.1, -0.05) is 36.0 Å². The van der Waals surface area contributed by atoms with Crippen LogP contribution in [0.2, 0.25) is 0 Å². The third-order valence-electron chi connectivity index (χ3n) is 4.73. The van der Waals surface area contributed by atoms with Crippen LogP contribution in [0.3, 0.4) is 0 Å². The van der Waals surface area contributed by atoms with Gasteiger partial charge in [0.1, 0.15) is 5.78 Å². The second-order valence-electron chi connectivity index (χ2n) is 5.83. The fraction of sp³-hybridized carbons (Fsp3) is 0.533. The molecule has 0 saturated carbocycles. The van der Waals surface area contributed by atoms with Gasteiger partial charge in [-0.25, -0.2) is 0 Å². The van der Waals surface area contributed by atoms with Crippen LogP contribution in [0.1, 0.15) is 20.8 Å². The third-order valence-corrected chi connectivity index (χ3v) is 4.73. The van der Waals surface area contributed by atoms with Crippen LogP contribution in [-0.2, 0) is 4.79 Å². The Balaban J connectivity index is 2.02. The summed E-state index contributed by atoms with van der Waals surface area (Å²) in [6, 6.07) is 0. The highest BCUT2D eigenvalue weighted by Crippen LogP contribution is 2.55. The number of ketones is 1. The van der Waals surface area contributed by atoms with Crippen molar-refractivity contribution in [1.29, 1.82) is 0 Å². The van der Waals surface area contributed by atoms with E-state index in [2.05, 4.69) is 44.2 Å². The molecule has 0 unspecified atom stereocenters.